The number of piperazine rings is 1. The van der Waals surface area contributed by atoms with Crippen LogP contribution < -0.4 is 15.4 Å². The average molecular weight is 386 g/mol. The van der Waals surface area contributed by atoms with Crippen molar-refractivity contribution < 1.29 is 4.74 Å². The van der Waals surface area contributed by atoms with Gasteiger partial charge < -0.3 is 15.4 Å². The number of ether oxygens (including phenoxy) is 1. The molecule has 0 aromatic heterocycles. The van der Waals surface area contributed by atoms with Gasteiger partial charge in [0.15, 0.2) is 0 Å². The van der Waals surface area contributed by atoms with Crippen LogP contribution in [0.4, 0.5) is 5.69 Å². The zero-order chi connectivity index (χ0) is 17.8. The van der Waals surface area contributed by atoms with Gasteiger partial charge in [0.25, 0.3) is 0 Å². The molecule has 1 aliphatic heterocycles. The van der Waals surface area contributed by atoms with Gasteiger partial charge in [-0.05, 0) is 56.7 Å². The molecule has 0 spiro atoms. The highest BCUT2D eigenvalue weighted by Gasteiger charge is 2.23. The van der Waals surface area contributed by atoms with Crippen molar-refractivity contribution in [2.24, 2.45) is 11.7 Å². The Balaban J connectivity index is 1.48. The van der Waals surface area contributed by atoms with Gasteiger partial charge in [0, 0.05) is 32.2 Å². The summed E-state index contributed by atoms with van der Waals surface area (Å²) in [6.45, 7) is 5.32. The first kappa shape index (κ1) is 19.1. The van der Waals surface area contributed by atoms with Crippen molar-refractivity contribution in [2.75, 3.05) is 44.7 Å². The molecule has 140 valence electrons. The van der Waals surface area contributed by atoms with Crippen molar-refractivity contribution in [1.82, 2.24) is 4.90 Å². The zero-order valence-corrected chi connectivity index (χ0v) is 16.5. The highest BCUT2D eigenvalue weighted by molar-refractivity contribution is 6.44. The van der Waals surface area contributed by atoms with E-state index in [1.165, 1.54) is 38.6 Å². The fourth-order valence-corrected chi connectivity index (χ4v) is 4.49. The summed E-state index contributed by atoms with van der Waals surface area (Å²) in [6, 6.07) is 4.35. The Bertz CT molecular complexity index is 568. The second kappa shape index (κ2) is 8.81. The summed E-state index contributed by atoms with van der Waals surface area (Å²) >= 11 is 12.7. The predicted octanol–water partition coefficient (Wildman–Crippen LogP) is 4.03. The molecular formula is C19H29Cl2N3O. The molecule has 1 aromatic carbocycles. The standard InChI is InChI=1S/C19H29Cl2N3O/c1-25-17-7-6-16(18(20)19(17)21)24-12-10-23(11-13-24)9-8-14-2-4-15(22)5-3-14/h6-7,14-15H,2-5,8-13,22H2,1H3. The monoisotopic (exact) mass is 385 g/mol. The number of benzene rings is 1. The molecule has 1 saturated carbocycles. The quantitative estimate of drug-likeness (QED) is 0.830. The van der Waals surface area contributed by atoms with Crippen LogP contribution in [0.3, 0.4) is 0 Å². The van der Waals surface area contributed by atoms with Gasteiger partial charge in [-0.1, -0.05) is 23.2 Å². The zero-order valence-electron chi connectivity index (χ0n) is 15.0. The molecule has 1 aromatic rings. The van der Waals surface area contributed by atoms with Crippen LogP contribution in [0.1, 0.15) is 32.1 Å². The van der Waals surface area contributed by atoms with E-state index in [0.717, 1.165) is 37.8 Å². The van der Waals surface area contributed by atoms with E-state index < -0.39 is 0 Å². The van der Waals surface area contributed by atoms with Crippen LogP contribution in [0.2, 0.25) is 10.0 Å². The highest BCUT2D eigenvalue weighted by Crippen LogP contribution is 2.39. The van der Waals surface area contributed by atoms with Crippen molar-refractivity contribution in [1.29, 1.82) is 0 Å². The van der Waals surface area contributed by atoms with Crippen LogP contribution in [0.15, 0.2) is 12.1 Å². The summed E-state index contributed by atoms with van der Waals surface area (Å²) in [6.07, 6.45) is 6.33. The van der Waals surface area contributed by atoms with E-state index >= 15 is 0 Å². The first-order chi connectivity index (χ1) is 12.1. The molecule has 0 radical (unpaired) electrons. The van der Waals surface area contributed by atoms with Crippen molar-refractivity contribution in [3.8, 4) is 5.75 Å². The van der Waals surface area contributed by atoms with Crippen LogP contribution in [0, 0.1) is 5.92 Å². The number of anilines is 1. The maximum Gasteiger partial charge on any atom is 0.139 e. The lowest BCUT2D eigenvalue weighted by Gasteiger charge is -2.37. The molecule has 0 bridgehead atoms. The molecule has 25 heavy (non-hydrogen) atoms. The third-order valence-corrected chi connectivity index (χ3v) is 6.56. The lowest BCUT2D eigenvalue weighted by Crippen LogP contribution is -2.47. The molecule has 4 nitrogen and oxygen atoms in total. The fraction of sp³-hybridized carbons (Fsp3) is 0.684. The minimum Gasteiger partial charge on any atom is -0.495 e. The van der Waals surface area contributed by atoms with Crippen LogP contribution in [-0.4, -0.2) is 50.8 Å². The van der Waals surface area contributed by atoms with Gasteiger partial charge in [-0.2, -0.15) is 0 Å². The third kappa shape index (κ3) is 4.73. The fourth-order valence-electron chi connectivity index (χ4n) is 3.98. The van der Waals surface area contributed by atoms with E-state index in [9.17, 15) is 0 Å². The molecule has 1 heterocycles. The predicted molar refractivity (Wildman–Crippen MR) is 106 cm³/mol. The summed E-state index contributed by atoms with van der Waals surface area (Å²) in [4.78, 5) is 4.90. The molecular weight excluding hydrogens is 357 g/mol. The lowest BCUT2D eigenvalue weighted by molar-refractivity contribution is 0.217. The summed E-state index contributed by atoms with van der Waals surface area (Å²) in [7, 11) is 1.61. The number of methoxy groups -OCH3 is 1. The molecule has 2 fully saturated rings. The topological polar surface area (TPSA) is 41.7 Å². The van der Waals surface area contributed by atoms with E-state index in [-0.39, 0.29) is 0 Å². The minimum atomic E-state index is 0.445. The second-order valence-electron chi connectivity index (χ2n) is 7.31. The number of nitrogens with zero attached hydrogens (tertiary/aromatic N) is 2. The number of nitrogens with two attached hydrogens (primary N) is 1. The molecule has 3 rings (SSSR count). The molecule has 6 heteroatoms. The van der Waals surface area contributed by atoms with Crippen molar-refractivity contribution in [3.05, 3.63) is 22.2 Å². The van der Waals surface area contributed by atoms with Crippen molar-refractivity contribution in [2.45, 2.75) is 38.1 Å². The van der Waals surface area contributed by atoms with Gasteiger partial charge in [-0.25, -0.2) is 0 Å². The molecule has 1 aliphatic carbocycles. The number of hydrogen-bond donors (Lipinski definition) is 1. The van der Waals surface area contributed by atoms with E-state index in [0.29, 0.717) is 21.8 Å². The molecule has 1 saturated heterocycles. The van der Waals surface area contributed by atoms with E-state index in [1.54, 1.807) is 7.11 Å². The Morgan fingerprint density at radius 2 is 1.72 bits per heavy atom. The van der Waals surface area contributed by atoms with Gasteiger partial charge in [0.2, 0.25) is 0 Å². The van der Waals surface area contributed by atoms with Crippen LogP contribution in [0.5, 0.6) is 5.75 Å². The van der Waals surface area contributed by atoms with Gasteiger partial charge in [0.1, 0.15) is 10.8 Å². The molecule has 0 amide bonds. The maximum atomic E-state index is 6.44. The summed E-state index contributed by atoms with van der Waals surface area (Å²) in [5.74, 6) is 1.49. The minimum absolute atomic E-state index is 0.445. The maximum absolute atomic E-state index is 6.44. The van der Waals surface area contributed by atoms with Crippen molar-refractivity contribution in [3.63, 3.8) is 0 Å². The number of halogens is 2. The van der Waals surface area contributed by atoms with Crippen LogP contribution in [-0.2, 0) is 0 Å². The smallest absolute Gasteiger partial charge is 0.139 e. The number of rotatable bonds is 5. The summed E-state index contributed by atoms with van der Waals surface area (Å²) < 4.78 is 5.23. The Morgan fingerprint density at radius 1 is 1.04 bits per heavy atom. The molecule has 2 aliphatic rings. The average Bonchev–Trinajstić information content (AvgIpc) is 2.64. The van der Waals surface area contributed by atoms with Gasteiger partial charge in [-0.3, -0.25) is 4.90 Å². The Morgan fingerprint density at radius 3 is 2.36 bits per heavy atom. The SMILES string of the molecule is COc1ccc(N2CCN(CCC3CCC(N)CC3)CC2)c(Cl)c1Cl. The Labute approximate surface area is 161 Å². The van der Waals surface area contributed by atoms with Gasteiger partial charge in [0.05, 0.1) is 17.8 Å². The van der Waals surface area contributed by atoms with Crippen molar-refractivity contribution >= 4 is 28.9 Å². The third-order valence-electron chi connectivity index (χ3n) is 5.70. The first-order valence-electron chi connectivity index (χ1n) is 9.33. The Hall–Kier alpha value is -0.680. The van der Waals surface area contributed by atoms with E-state index in [4.69, 9.17) is 33.7 Å². The van der Waals surface area contributed by atoms with Gasteiger partial charge >= 0.3 is 0 Å². The summed E-state index contributed by atoms with van der Waals surface area (Å²) in [5.41, 5.74) is 7.01. The largest absolute Gasteiger partial charge is 0.495 e. The van der Waals surface area contributed by atoms with Crippen LogP contribution >= 0.6 is 23.2 Å². The number of hydrogen-bond acceptors (Lipinski definition) is 4. The molecule has 2 N–H and O–H groups in total. The second-order valence-corrected chi connectivity index (χ2v) is 8.07. The normalized spacial score (nSPS) is 25.2. The van der Waals surface area contributed by atoms with E-state index in [1.807, 2.05) is 12.1 Å². The Kier molecular flexibility index (Phi) is 6.73. The van der Waals surface area contributed by atoms with Crippen LogP contribution in [0.25, 0.3) is 0 Å². The molecule has 0 unspecified atom stereocenters. The first-order valence-corrected chi connectivity index (χ1v) is 10.1. The lowest BCUT2D eigenvalue weighted by atomic mass is 9.84. The molecule has 0 atom stereocenters. The highest BCUT2D eigenvalue weighted by atomic mass is 35.5. The van der Waals surface area contributed by atoms with E-state index in [2.05, 4.69) is 9.80 Å². The van der Waals surface area contributed by atoms with Gasteiger partial charge in [-0.15, -0.1) is 0 Å². The summed E-state index contributed by atoms with van der Waals surface area (Å²) in [5, 5.41) is 1.09.